The maximum atomic E-state index is 13.7. The van der Waals surface area contributed by atoms with E-state index in [-0.39, 0.29) is 11.1 Å². The third kappa shape index (κ3) is 2.16. The van der Waals surface area contributed by atoms with E-state index in [1.807, 2.05) is 13.8 Å². The summed E-state index contributed by atoms with van der Waals surface area (Å²) in [6, 6.07) is 2.75. The predicted molar refractivity (Wildman–Crippen MR) is 62.8 cm³/mol. The maximum Gasteiger partial charge on any atom is 0.182 e. The van der Waals surface area contributed by atoms with Crippen molar-refractivity contribution in [2.45, 2.75) is 19.3 Å². The fourth-order valence-electron chi connectivity index (χ4n) is 1.63. The monoisotopic (exact) mass is 228 g/mol. The number of hydrogen-bond donors (Lipinski definition) is 1. The normalized spacial score (nSPS) is 11.7. The molecule has 0 aliphatic carbocycles. The molecule has 0 unspecified atom stereocenters. The van der Waals surface area contributed by atoms with Crippen LogP contribution in [0.1, 0.15) is 19.4 Å². The number of hydrogen-bond acceptors (Lipinski definition) is 2. The first kappa shape index (κ1) is 12.9. The Morgan fingerprint density at radius 2 is 1.81 bits per heavy atom. The fraction of sp³-hybridized carbons (Fsp3) is 0.500. The van der Waals surface area contributed by atoms with Gasteiger partial charge in [0.05, 0.1) is 5.69 Å². The summed E-state index contributed by atoms with van der Waals surface area (Å²) < 4.78 is 26.9. The van der Waals surface area contributed by atoms with Gasteiger partial charge in [-0.15, -0.1) is 0 Å². The van der Waals surface area contributed by atoms with Gasteiger partial charge in [-0.1, -0.05) is 19.9 Å². The van der Waals surface area contributed by atoms with Crippen LogP contribution in [-0.4, -0.2) is 20.6 Å². The van der Waals surface area contributed by atoms with Gasteiger partial charge in [-0.3, -0.25) is 0 Å². The van der Waals surface area contributed by atoms with Crippen molar-refractivity contribution in [2.75, 3.05) is 25.5 Å². The van der Waals surface area contributed by atoms with Crippen molar-refractivity contribution in [2.24, 2.45) is 5.73 Å². The molecule has 1 aromatic rings. The first-order chi connectivity index (χ1) is 7.31. The van der Waals surface area contributed by atoms with Gasteiger partial charge in [0.2, 0.25) is 0 Å². The molecule has 0 fully saturated rings. The predicted octanol–water partition coefficient (Wildman–Crippen LogP) is 2.27. The minimum absolute atomic E-state index is 0.274. The Morgan fingerprint density at radius 1 is 1.25 bits per heavy atom. The quantitative estimate of drug-likeness (QED) is 0.860. The molecule has 16 heavy (non-hydrogen) atoms. The lowest BCUT2D eigenvalue weighted by molar-refractivity contribution is 0.492. The number of anilines is 1. The third-order valence-electron chi connectivity index (χ3n) is 2.76. The van der Waals surface area contributed by atoms with Crippen LogP contribution in [0, 0.1) is 11.6 Å². The Hall–Kier alpha value is -1.16. The summed E-state index contributed by atoms with van der Waals surface area (Å²) in [4.78, 5) is 1.57. The van der Waals surface area contributed by atoms with Crippen LogP contribution in [0.5, 0.6) is 0 Å². The summed E-state index contributed by atoms with van der Waals surface area (Å²) in [6.07, 6.45) is 0. The van der Waals surface area contributed by atoms with E-state index in [0.29, 0.717) is 6.54 Å². The van der Waals surface area contributed by atoms with Crippen molar-refractivity contribution in [3.63, 3.8) is 0 Å². The van der Waals surface area contributed by atoms with Gasteiger partial charge in [0.15, 0.2) is 11.6 Å². The van der Waals surface area contributed by atoms with Crippen LogP contribution in [0.4, 0.5) is 14.5 Å². The molecule has 1 rings (SSSR count). The number of nitrogens with two attached hydrogens (primary N) is 1. The first-order valence-electron chi connectivity index (χ1n) is 5.17. The standard InChI is InChI=1S/C12H18F2N2/c1-12(2,7-15)8-5-6-9(13)10(14)11(8)16(3)4/h5-6H,7,15H2,1-4H3. The summed E-state index contributed by atoms with van der Waals surface area (Å²) >= 11 is 0. The van der Waals surface area contributed by atoms with Crippen LogP contribution in [0.2, 0.25) is 0 Å². The van der Waals surface area contributed by atoms with Crippen molar-refractivity contribution in [1.29, 1.82) is 0 Å². The molecule has 0 aromatic heterocycles. The van der Waals surface area contributed by atoms with Crippen LogP contribution < -0.4 is 10.6 Å². The highest BCUT2D eigenvalue weighted by atomic mass is 19.2. The van der Waals surface area contributed by atoms with Crippen LogP contribution in [-0.2, 0) is 5.41 Å². The third-order valence-corrected chi connectivity index (χ3v) is 2.76. The highest BCUT2D eigenvalue weighted by Crippen LogP contribution is 2.33. The Kier molecular flexibility index (Phi) is 3.53. The number of nitrogens with zero attached hydrogens (tertiary/aromatic N) is 1. The van der Waals surface area contributed by atoms with Gasteiger partial charge in [-0.05, 0) is 11.6 Å². The van der Waals surface area contributed by atoms with E-state index in [0.717, 1.165) is 11.6 Å². The molecule has 0 amide bonds. The van der Waals surface area contributed by atoms with Gasteiger partial charge in [0.25, 0.3) is 0 Å². The van der Waals surface area contributed by atoms with Crippen molar-refractivity contribution in [3.8, 4) is 0 Å². The van der Waals surface area contributed by atoms with Gasteiger partial charge >= 0.3 is 0 Å². The van der Waals surface area contributed by atoms with Crippen molar-refractivity contribution in [1.82, 2.24) is 0 Å². The summed E-state index contributed by atoms with van der Waals surface area (Å²) in [5.41, 5.74) is 6.27. The molecule has 0 aliphatic rings. The minimum Gasteiger partial charge on any atom is -0.375 e. The first-order valence-corrected chi connectivity index (χ1v) is 5.17. The zero-order valence-corrected chi connectivity index (χ0v) is 10.1. The largest absolute Gasteiger partial charge is 0.375 e. The van der Waals surface area contributed by atoms with Crippen LogP contribution in [0.3, 0.4) is 0 Å². The van der Waals surface area contributed by atoms with E-state index in [4.69, 9.17) is 5.73 Å². The van der Waals surface area contributed by atoms with Gasteiger partial charge < -0.3 is 10.6 Å². The van der Waals surface area contributed by atoms with E-state index >= 15 is 0 Å². The lowest BCUT2D eigenvalue weighted by atomic mass is 9.83. The molecule has 0 aliphatic heterocycles. The van der Waals surface area contributed by atoms with E-state index in [9.17, 15) is 8.78 Å². The average Bonchev–Trinajstić information content (AvgIpc) is 2.21. The molecule has 2 N–H and O–H groups in total. The average molecular weight is 228 g/mol. The van der Waals surface area contributed by atoms with E-state index in [2.05, 4.69) is 0 Å². The molecule has 0 saturated heterocycles. The van der Waals surface area contributed by atoms with Crippen molar-refractivity contribution >= 4 is 5.69 Å². The second-order valence-electron chi connectivity index (χ2n) is 4.74. The van der Waals surface area contributed by atoms with Crippen LogP contribution in [0.15, 0.2) is 12.1 Å². The van der Waals surface area contributed by atoms with Crippen LogP contribution in [0.25, 0.3) is 0 Å². The molecule has 0 heterocycles. The zero-order chi connectivity index (χ0) is 12.5. The fourth-order valence-corrected chi connectivity index (χ4v) is 1.63. The van der Waals surface area contributed by atoms with Crippen molar-refractivity contribution in [3.05, 3.63) is 29.3 Å². The van der Waals surface area contributed by atoms with Crippen molar-refractivity contribution < 1.29 is 8.78 Å². The minimum atomic E-state index is -0.833. The lowest BCUT2D eigenvalue weighted by Gasteiger charge is -2.29. The number of rotatable bonds is 3. The SMILES string of the molecule is CN(C)c1c(C(C)(C)CN)ccc(F)c1F. The Labute approximate surface area is 95.1 Å². The number of benzene rings is 1. The molecule has 0 saturated carbocycles. The second-order valence-corrected chi connectivity index (χ2v) is 4.74. The molecule has 0 atom stereocenters. The van der Waals surface area contributed by atoms with E-state index < -0.39 is 11.6 Å². The summed E-state index contributed by atoms with van der Waals surface area (Å²) in [5, 5.41) is 0. The Morgan fingerprint density at radius 3 is 2.25 bits per heavy atom. The highest BCUT2D eigenvalue weighted by Gasteiger charge is 2.26. The number of halogens is 2. The molecule has 2 nitrogen and oxygen atoms in total. The van der Waals surface area contributed by atoms with Crippen LogP contribution >= 0.6 is 0 Å². The molecule has 4 heteroatoms. The van der Waals surface area contributed by atoms with E-state index in [1.54, 1.807) is 25.1 Å². The van der Waals surface area contributed by atoms with Gasteiger partial charge in [-0.2, -0.15) is 0 Å². The molecule has 0 bridgehead atoms. The maximum absolute atomic E-state index is 13.7. The molecule has 90 valence electrons. The highest BCUT2D eigenvalue weighted by molar-refractivity contribution is 5.57. The molecule has 0 spiro atoms. The summed E-state index contributed by atoms with van der Waals surface area (Å²) in [6.45, 7) is 4.19. The molecule has 1 aromatic carbocycles. The smallest absolute Gasteiger partial charge is 0.182 e. The molecular formula is C12H18F2N2. The van der Waals surface area contributed by atoms with Gasteiger partial charge in [-0.25, -0.2) is 8.78 Å². The second kappa shape index (κ2) is 4.37. The topological polar surface area (TPSA) is 29.3 Å². The summed E-state index contributed by atoms with van der Waals surface area (Å²) in [7, 11) is 3.38. The lowest BCUT2D eigenvalue weighted by Crippen LogP contribution is -2.31. The van der Waals surface area contributed by atoms with E-state index in [1.165, 1.54) is 0 Å². The molecule has 0 radical (unpaired) electrons. The Bertz CT molecular complexity index is 387. The van der Waals surface area contributed by atoms with Gasteiger partial charge in [0.1, 0.15) is 0 Å². The zero-order valence-electron chi connectivity index (χ0n) is 10.1. The van der Waals surface area contributed by atoms with Gasteiger partial charge in [0, 0.05) is 26.1 Å². The Balaban J connectivity index is 3.46. The summed E-state index contributed by atoms with van der Waals surface area (Å²) in [5.74, 6) is -1.65. The molecular weight excluding hydrogens is 210 g/mol.